The van der Waals surface area contributed by atoms with Crippen LogP contribution in [0.5, 0.6) is 0 Å². The first kappa shape index (κ1) is 18.6. The zero-order valence-corrected chi connectivity index (χ0v) is 15.5. The number of aryl methyl sites for hydroxylation is 1. The van der Waals surface area contributed by atoms with Gasteiger partial charge >= 0.3 is 0 Å². The van der Waals surface area contributed by atoms with Gasteiger partial charge in [0.05, 0.1) is 0 Å². The summed E-state index contributed by atoms with van der Waals surface area (Å²) in [5.74, 6) is 0.0774. The van der Waals surface area contributed by atoms with E-state index >= 15 is 0 Å². The van der Waals surface area contributed by atoms with Gasteiger partial charge in [0.25, 0.3) is 0 Å². The van der Waals surface area contributed by atoms with Crippen LogP contribution in [-0.2, 0) is 24.3 Å². The lowest BCUT2D eigenvalue weighted by Crippen LogP contribution is -2.25. The number of likely N-dealkylation sites (tertiary alicyclic amines) is 1. The highest BCUT2D eigenvalue weighted by molar-refractivity contribution is 5.76. The fourth-order valence-electron chi connectivity index (χ4n) is 3.47. The van der Waals surface area contributed by atoms with Gasteiger partial charge in [-0.25, -0.2) is 0 Å². The predicted molar refractivity (Wildman–Crippen MR) is 105 cm³/mol. The van der Waals surface area contributed by atoms with Crippen LogP contribution in [-0.4, -0.2) is 28.9 Å². The zero-order chi connectivity index (χ0) is 18.0. The Bertz CT molecular complexity index is 679. The van der Waals surface area contributed by atoms with Crippen molar-refractivity contribution in [2.75, 3.05) is 13.1 Å². The van der Waals surface area contributed by atoms with E-state index in [0.29, 0.717) is 19.4 Å². The Labute approximate surface area is 156 Å². The standard InChI is InChI=1S/C22H29N3O/c26-22(12-11-21-10-3-4-13-23-21)24-17-19-8-7-9-20(16-19)18-25-14-5-1-2-6-15-25/h3-4,7-10,13,16H,1-2,5-6,11-12,14-15,17-18H2,(H,24,26). The van der Waals surface area contributed by atoms with Gasteiger partial charge in [-0.2, -0.15) is 0 Å². The van der Waals surface area contributed by atoms with E-state index in [-0.39, 0.29) is 5.91 Å². The summed E-state index contributed by atoms with van der Waals surface area (Å²) in [6.45, 7) is 4.01. The Morgan fingerprint density at radius 3 is 2.58 bits per heavy atom. The Hall–Kier alpha value is -2.20. The molecular formula is C22H29N3O. The lowest BCUT2D eigenvalue weighted by molar-refractivity contribution is -0.121. The largest absolute Gasteiger partial charge is 0.352 e. The van der Waals surface area contributed by atoms with Crippen molar-refractivity contribution < 1.29 is 4.79 Å². The molecule has 1 aliphatic rings. The zero-order valence-electron chi connectivity index (χ0n) is 15.5. The van der Waals surface area contributed by atoms with E-state index in [1.165, 1.54) is 49.9 Å². The van der Waals surface area contributed by atoms with E-state index in [0.717, 1.165) is 12.2 Å². The summed E-state index contributed by atoms with van der Waals surface area (Å²) in [5.41, 5.74) is 3.47. The molecule has 2 aromatic rings. The topological polar surface area (TPSA) is 45.2 Å². The Morgan fingerprint density at radius 2 is 1.81 bits per heavy atom. The van der Waals surface area contributed by atoms with E-state index in [9.17, 15) is 4.79 Å². The number of nitrogens with one attached hydrogen (secondary N) is 1. The van der Waals surface area contributed by atoms with Crippen molar-refractivity contribution in [1.82, 2.24) is 15.2 Å². The number of pyridine rings is 1. The average molecular weight is 351 g/mol. The van der Waals surface area contributed by atoms with Gasteiger partial charge in [-0.3, -0.25) is 14.7 Å². The fourth-order valence-corrected chi connectivity index (χ4v) is 3.47. The number of nitrogens with zero attached hydrogens (tertiary/aromatic N) is 2. The van der Waals surface area contributed by atoms with Crippen LogP contribution in [0.4, 0.5) is 0 Å². The van der Waals surface area contributed by atoms with Crippen LogP contribution >= 0.6 is 0 Å². The minimum absolute atomic E-state index is 0.0774. The molecule has 1 N–H and O–H groups in total. The molecule has 1 fully saturated rings. The van der Waals surface area contributed by atoms with E-state index in [1.807, 2.05) is 18.2 Å². The molecule has 4 heteroatoms. The van der Waals surface area contributed by atoms with Gasteiger partial charge in [0.15, 0.2) is 0 Å². The monoisotopic (exact) mass is 351 g/mol. The first-order valence-corrected chi connectivity index (χ1v) is 9.76. The van der Waals surface area contributed by atoms with Crippen molar-refractivity contribution in [3.63, 3.8) is 0 Å². The van der Waals surface area contributed by atoms with Crippen molar-refractivity contribution in [3.8, 4) is 0 Å². The maximum atomic E-state index is 12.1. The summed E-state index contributed by atoms with van der Waals surface area (Å²) >= 11 is 0. The van der Waals surface area contributed by atoms with Gasteiger partial charge in [0, 0.05) is 31.4 Å². The van der Waals surface area contributed by atoms with E-state index in [2.05, 4.69) is 39.5 Å². The average Bonchev–Trinajstić information content (AvgIpc) is 2.94. The molecule has 0 atom stereocenters. The number of carbonyl (C=O) groups excluding carboxylic acids is 1. The number of hydrogen-bond acceptors (Lipinski definition) is 3. The summed E-state index contributed by atoms with van der Waals surface area (Å²) in [6.07, 6.45) is 8.27. The molecule has 1 saturated heterocycles. The number of hydrogen-bond donors (Lipinski definition) is 1. The predicted octanol–water partition coefficient (Wildman–Crippen LogP) is 3.71. The molecule has 0 radical (unpaired) electrons. The van der Waals surface area contributed by atoms with Gasteiger partial charge in [-0.15, -0.1) is 0 Å². The second-order valence-corrected chi connectivity index (χ2v) is 7.11. The van der Waals surface area contributed by atoms with Crippen molar-refractivity contribution in [3.05, 3.63) is 65.5 Å². The van der Waals surface area contributed by atoms with Crippen LogP contribution in [0.3, 0.4) is 0 Å². The van der Waals surface area contributed by atoms with Crippen LogP contribution in [0.2, 0.25) is 0 Å². The van der Waals surface area contributed by atoms with E-state index in [4.69, 9.17) is 0 Å². The van der Waals surface area contributed by atoms with Gasteiger partial charge in [0.1, 0.15) is 0 Å². The lowest BCUT2D eigenvalue weighted by atomic mass is 10.1. The van der Waals surface area contributed by atoms with Crippen molar-refractivity contribution >= 4 is 5.91 Å². The molecule has 0 aliphatic carbocycles. The molecule has 26 heavy (non-hydrogen) atoms. The van der Waals surface area contributed by atoms with Crippen molar-refractivity contribution in [2.24, 2.45) is 0 Å². The molecule has 1 aromatic heterocycles. The molecule has 0 unspecified atom stereocenters. The van der Waals surface area contributed by atoms with Crippen LogP contribution in [0.25, 0.3) is 0 Å². The third kappa shape index (κ3) is 6.26. The number of amides is 1. The molecule has 4 nitrogen and oxygen atoms in total. The summed E-state index contributed by atoms with van der Waals surface area (Å²) in [7, 11) is 0. The van der Waals surface area contributed by atoms with E-state index < -0.39 is 0 Å². The normalized spacial score (nSPS) is 15.4. The molecule has 3 rings (SSSR count). The van der Waals surface area contributed by atoms with Gasteiger partial charge in [0.2, 0.25) is 5.91 Å². The van der Waals surface area contributed by atoms with Gasteiger partial charge < -0.3 is 5.32 Å². The minimum Gasteiger partial charge on any atom is -0.352 e. The summed E-state index contributed by atoms with van der Waals surface area (Å²) in [6, 6.07) is 14.4. The Morgan fingerprint density at radius 1 is 1.00 bits per heavy atom. The fraction of sp³-hybridized carbons (Fsp3) is 0.455. The highest BCUT2D eigenvalue weighted by Gasteiger charge is 2.10. The van der Waals surface area contributed by atoms with Crippen molar-refractivity contribution in [1.29, 1.82) is 0 Å². The Kier molecular flexibility index (Phi) is 7.20. The van der Waals surface area contributed by atoms with Gasteiger partial charge in [-0.05, 0) is 55.6 Å². The molecule has 2 heterocycles. The van der Waals surface area contributed by atoms with Crippen LogP contribution in [0.15, 0.2) is 48.7 Å². The molecule has 1 amide bonds. The highest BCUT2D eigenvalue weighted by atomic mass is 16.1. The number of carbonyl (C=O) groups is 1. The van der Waals surface area contributed by atoms with Crippen LogP contribution in [0.1, 0.15) is 48.9 Å². The highest BCUT2D eigenvalue weighted by Crippen LogP contribution is 2.14. The first-order valence-electron chi connectivity index (χ1n) is 9.76. The molecular weight excluding hydrogens is 322 g/mol. The van der Waals surface area contributed by atoms with Crippen molar-refractivity contribution in [2.45, 2.75) is 51.6 Å². The SMILES string of the molecule is O=C(CCc1ccccn1)NCc1cccc(CN2CCCCCC2)c1. The third-order valence-corrected chi connectivity index (χ3v) is 4.92. The molecule has 138 valence electrons. The van der Waals surface area contributed by atoms with Gasteiger partial charge in [-0.1, -0.05) is 43.2 Å². The second kappa shape index (κ2) is 10.1. The quantitative estimate of drug-likeness (QED) is 0.827. The van der Waals surface area contributed by atoms with Crippen LogP contribution < -0.4 is 5.32 Å². The summed E-state index contributed by atoms with van der Waals surface area (Å²) in [4.78, 5) is 18.9. The third-order valence-electron chi connectivity index (χ3n) is 4.92. The number of rotatable bonds is 7. The minimum atomic E-state index is 0.0774. The number of benzene rings is 1. The molecule has 0 spiro atoms. The number of aromatic nitrogens is 1. The molecule has 1 aliphatic heterocycles. The maximum absolute atomic E-state index is 12.1. The smallest absolute Gasteiger partial charge is 0.220 e. The first-order chi connectivity index (χ1) is 12.8. The second-order valence-electron chi connectivity index (χ2n) is 7.11. The molecule has 1 aromatic carbocycles. The van der Waals surface area contributed by atoms with Crippen LogP contribution in [0, 0.1) is 0 Å². The molecule has 0 bridgehead atoms. The lowest BCUT2D eigenvalue weighted by Gasteiger charge is -2.20. The Balaban J connectivity index is 1.45. The maximum Gasteiger partial charge on any atom is 0.220 e. The summed E-state index contributed by atoms with van der Waals surface area (Å²) in [5, 5.41) is 3.03. The summed E-state index contributed by atoms with van der Waals surface area (Å²) < 4.78 is 0. The van der Waals surface area contributed by atoms with E-state index in [1.54, 1.807) is 6.20 Å². The molecule has 0 saturated carbocycles.